The first-order chi connectivity index (χ1) is 8.22. The quantitative estimate of drug-likeness (QED) is 0.783. The molecule has 1 aliphatic carbocycles. The largest absolute Gasteiger partial charge is 0.496 e. The normalized spacial score (nSPS) is 24.1. The Kier molecular flexibility index (Phi) is 3.14. The fourth-order valence-corrected chi connectivity index (χ4v) is 2.53. The summed E-state index contributed by atoms with van der Waals surface area (Å²) < 4.78 is 5.30. The number of ketones is 1. The first kappa shape index (κ1) is 11.7. The topological polar surface area (TPSA) is 50.1 Å². The number of nitriles is 1. The minimum absolute atomic E-state index is 0.170. The van der Waals surface area contributed by atoms with E-state index in [1.54, 1.807) is 7.11 Å². The maximum absolute atomic E-state index is 11.6. The molecule has 0 amide bonds. The van der Waals surface area contributed by atoms with Crippen LogP contribution in [0.25, 0.3) is 0 Å². The number of ether oxygens (including phenoxy) is 1. The monoisotopic (exact) mass is 229 g/mol. The molecule has 0 heterocycles. The Balaban J connectivity index is 2.48. The Bertz CT molecular complexity index is 475. The Morgan fingerprint density at radius 1 is 1.41 bits per heavy atom. The SMILES string of the molecule is COc1ccccc1C1(C#N)CCCC(=O)C1. The smallest absolute Gasteiger partial charge is 0.134 e. The molecule has 1 unspecified atom stereocenters. The minimum atomic E-state index is -0.693. The molecule has 3 heteroatoms. The highest BCUT2D eigenvalue weighted by molar-refractivity contribution is 5.82. The van der Waals surface area contributed by atoms with Crippen LogP contribution in [0, 0.1) is 11.3 Å². The van der Waals surface area contributed by atoms with Crippen LogP contribution in [-0.2, 0) is 10.2 Å². The van der Waals surface area contributed by atoms with Gasteiger partial charge in [0.05, 0.1) is 18.6 Å². The third-order valence-corrected chi connectivity index (χ3v) is 3.39. The van der Waals surface area contributed by atoms with Crippen LogP contribution in [0.15, 0.2) is 24.3 Å². The van der Waals surface area contributed by atoms with E-state index in [1.807, 2.05) is 24.3 Å². The van der Waals surface area contributed by atoms with Gasteiger partial charge in [-0.05, 0) is 18.9 Å². The van der Waals surface area contributed by atoms with E-state index in [2.05, 4.69) is 6.07 Å². The van der Waals surface area contributed by atoms with Crippen molar-refractivity contribution in [2.24, 2.45) is 0 Å². The molecule has 2 rings (SSSR count). The van der Waals surface area contributed by atoms with Crippen LogP contribution in [0.2, 0.25) is 0 Å². The van der Waals surface area contributed by atoms with Gasteiger partial charge in [0, 0.05) is 18.4 Å². The molecule has 0 saturated heterocycles. The van der Waals surface area contributed by atoms with E-state index in [4.69, 9.17) is 4.74 Å². The molecular weight excluding hydrogens is 214 g/mol. The predicted molar refractivity (Wildman–Crippen MR) is 63.8 cm³/mol. The summed E-state index contributed by atoms with van der Waals surface area (Å²) in [6, 6.07) is 9.83. The molecular formula is C14H15NO2. The van der Waals surface area contributed by atoms with Crippen LogP contribution < -0.4 is 4.74 Å². The first-order valence-electron chi connectivity index (χ1n) is 5.78. The average Bonchev–Trinajstić information content (AvgIpc) is 2.38. The number of carbonyl (C=O) groups is 1. The molecule has 1 saturated carbocycles. The summed E-state index contributed by atoms with van der Waals surface area (Å²) in [7, 11) is 1.59. The lowest BCUT2D eigenvalue weighted by molar-refractivity contribution is -0.121. The number of carbonyl (C=O) groups excluding carboxylic acids is 1. The van der Waals surface area contributed by atoms with Gasteiger partial charge in [-0.1, -0.05) is 18.2 Å². The zero-order valence-corrected chi connectivity index (χ0v) is 9.90. The molecule has 88 valence electrons. The number of methoxy groups -OCH3 is 1. The molecule has 3 nitrogen and oxygen atoms in total. The van der Waals surface area contributed by atoms with Crippen molar-refractivity contribution < 1.29 is 9.53 Å². The Labute approximate surface area is 101 Å². The lowest BCUT2D eigenvalue weighted by atomic mass is 9.70. The summed E-state index contributed by atoms with van der Waals surface area (Å²) in [6.07, 6.45) is 2.42. The third kappa shape index (κ3) is 2.03. The summed E-state index contributed by atoms with van der Waals surface area (Å²) in [4.78, 5) is 11.6. The van der Waals surface area contributed by atoms with Crippen LogP contribution >= 0.6 is 0 Å². The molecule has 17 heavy (non-hydrogen) atoms. The molecule has 0 bridgehead atoms. The third-order valence-electron chi connectivity index (χ3n) is 3.39. The number of Topliss-reactive ketones (excluding diaryl/α,β-unsaturated/α-hetero) is 1. The van der Waals surface area contributed by atoms with E-state index < -0.39 is 5.41 Å². The number of nitrogens with zero attached hydrogens (tertiary/aromatic N) is 1. The van der Waals surface area contributed by atoms with Crippen molar-refractivity contribution in [3.05, 3.63) is 29.8 Å². The Hall–Kier alpha value is -1.82. The van der Waals surface area contributed by atoms with Crippen LogP contribution in [0.5, 0.6) is 5.75 Å². The van der Waals surface area contributed by atoms with Gasteiger partial charge in [0.15, 0.2) is 0 Å². The summed E-state index contributed by atoms with van der Waals surface area (Å²) in [5, 5.41) is 9.47. The number of rotatable bonds is 2. The summed E-state index contributed by atoms with van der Waals surface area (Å²) >= 11 is 0. The fraction of sp³-hybridized carbons (Fsp3) is 0.429. The van der Waals surface area contributed by atoms with E-state index >= 15 is 0 Å². The molecule has 0 spiro atoms. The average molecular weight is 229 g/mol. The molecule has 1 fully saturated rings. The van der Waals surface area contributed by atoms with Crippen LogP contribution in [0.3, 0.4) is 0 Å². The highest BCUT2D eigenvalue weighted by Crippen LogP contribution is 2.41. The van der Waals surface area contributed by atoms with Crippen molar-refractivity contribution in [2.45, 2.75) is 31.1 Å². The second-order valence-electron chi connectivity index (χ2n) is 4.46. The van der Waals surface area contributed by atoms with E-state index in [-0.39, 0.29) is 5.78 Å². The highest BCUT2D eigenvalue weighted by Gasteiger charge is 2.39. The van der Waals surface area contributed by atoms with E-state index in [0.29, 0.717) is 18.6 Å². The molecule has 0 aromatic heterocycles. The zero-order chi connectivity index (χ0) is 12.3. The van der Waals surface area contributed by atoms with Gasteiger partial charge in [-0.15, -0.1) is 0 Å². The van der Waals surface area contributed by atoms with Crippen molar-refractivity contribution >= 4 is 5.78 Å². The van der Waals surface area contributed by atoms with Crippen LogP contribution in [0.4, 0.5) is 0 Å². The van der Waals surface area contributed by atoms with Crippen molar-refractivity contribution in [2.75, 3.05) is 7.11 Å². The van der Waals surface area contributed by atoms with Crippen LogP contribution in [0.1, 0.15) is 31.2 Å². The van der Waals surface area contributed by atoms with Gasteiger partial charge in [0.2, 0.25) is 0 Å². The highest BCUT2D eigenvalue weighted by atomic mass is 16.5. The standard InChI is InChI=1S/C14H15NO2/c1-17-13-7-3-2-6-12(13)14(10-15)8-4-5-11(16)9-14/h2-3,6-7H,4-5,8-9H2,1H3. The summed E-state index contributed by atoms with van der Waals surface area (Å²) in [5.74, 6) is 0.868. The molecule has 0 N–H and O–H groups in total. The maximum Gasteiger partial charge on any atom is 0.134 e. The zero-order valence-electron chi connectivity index (χ0n) is 9.90. The second kappa shape index (κ2) is 4.58. The summed E-state index contributed by atoms with van der Waals surface area (Å²) in [5.41, 5.74) is 0.153. The van der Waals surface area contributed by atoms with Gasteiger partial charge in [0.25, 0.3) is 0 Å². The van der Waals surface area contributed by atoms with Gasteiger partial charge < -0.3 is 4.74 Å². The van der Waals surface area contributed by atoms with Gasteiger partial charge in [-0.2, -0.15) is 5.26 Å². The molecule has 0 aliphatic heterocycles. The number of hydrogen-bond donors (Lipinski definition) is 0. The van der Waals surface area contributed by atoms with E-state index in [9.17, 15) is 10.1 Å². The Morgan fingerprint density at radius 3 is 2.82 bits per heavy atom. The molecule has 1 aliphatic rings. The first-order valence-corrected chi connectivity index (χ1v) is 5.78. The van der Waals surface area contributed by atoms with Crippen molar-refractivity contribution in [3.8, 4) is 11.8 Å². The van der Waals surface area contributed by atoms with E-state index in [1.165, 1.54) is 0 Å². The van der Waals surface area contributed by atoms with Crippen molar-refractivity contribution in [3.63, 3.8) is 0 Å². The van der Waals surface area contributed by atoms with Gasteiger partial charge in [-0.25, -0.2) is 0 Å². The predicted octanol–water partition coefficient (Wildman–Crippen LogP) is 2.60. The lowest BCUT2D eigenvalue weighted by Crippen LogP contribution is -2.32. The lowest BCUT2D eigenvalue weighted by Gasteiger charge is -2.31. The number of para-hydroxylation sites is 1. The minimum Gasteiger partial charge on any atom is -0.496 e. The van der Waals surface area contributed by atoms with Crippen LogP contribution in [-0.4, -0.2) is 12.9 Å². The van der Waals surface area contributed by atoms with Gasteiger partial charge >= 0.3 is 0 Å². The molecule has 1 aromatic rings. The summed E-state index contributed by atoms with van der Waals surface area (Å²) in [6.45, 7) is 0. The van der Waals surface area contributed by atoms with Crippen molar-refractivity contribution in [1.82, 2.24) is 0 Å². The molecule has 0 radical (unpaired) electrons. The molecule has 1 atom stereocenters. The van der Waals surface area contributed by atoms with Gasteiger partial charge in [0.1, 0.15) is 11.5 Å². The van der Waals surface area contributed by atoms with Gasteiger partial charge in [-0.3, -0.25) is 4.79 Å². The Morgan fingerprint density at radius 2 is 2.18 bits per heavy atom. The number of benzene rings is 1. The van der Waals surface area contributed by atoms with E-state index in [0.717, 1.165) is 18.4 Å². The number of hydrogen-bond acceptors (Lipinski definition) is 3. The van der Waals surface area contributed by atoms with Crippen molar-refractivity contribution in [1.29, 1.82) is 5.26 Å². The fourth-order valence-electron chi connectivity index (χ4n) is 2.53. The molecule has 1 aromatic carbocycles. The maximum atomic E-state index is 11.6. The second-order valence-corrected chi connectivity index (χ2v) is 4.46.